The monoisotopic (exact) mass is 267 g/mol. The number of hydrogen-bond donors (Lipinski definition) is 2. The number of benzene rings is 1. The van der Waals surface area contributed by atoms with Crippen molar-refractivity contribution in [1.82, 2.24) is 15.0 Å². The molecule has 0 amide bonds. The number of anilines is 2. The second-order valence-electron chi connectivity index (χ2n) is 5.09. The number of nitrogens with two attached hydrogens (primary N) is 1. The summed E-state index contributed by atoms with van der Waals surface area (Å²) in [5.41, 5.74) is 10.4. The highest BCUT2D eigenvalue weighted by Gasteiger charge is 2.08. The van der Waals surface area contributed by atoms with E-state index in [2.05, 4.69) is 15.0 Å². The van der Waals surface area contributed by atoms with Gasteiger partial charge in [-0.2, -0.15) is 0 Å². The van der Waals surface area contributed by atoms with Crippen LogP contribution in [0.1, 0.15) is 5.56 Å². The Bertz CT molecular complexity index is 773. The SMILES string of the molecule is Cc1cc(-c2nc3nc(N(C)C)ccc3[nH]2)ccc1N. The summed E-state index contributed by atoms with van der Waals surface area (Å²) in [6.45, 7) is 1.99. The fourth-order valence-corrected chi connectivity index (χ4v) is 2.09. The molecule has 20 heavy (non-hydrogen) atoms. The molecule has 1 aromatic carbocycles. The zero-order valence-corrected chi connectivity index (χ0v) is 11.8. The van der Waals surface area contributed by atoms with Gasteiger partial charge >= 0.3 is 0 Å². The molecule has 2 heterocycles. The molecule has 5 nitrogen and oxygen atoms in total. The molecule has 5 heteroatoms. The van der Waals surface area contributed by atoms with Gasteiger partial charge in [-0.05, 0) is 42.8 Å². The first kappa shape index (κ1) is 12.5. The molecule has 3 rings (SSSR count). The van der Waals surface area contributed by atoms with Crippen molar-refractivity contribution >= 4 is 22.7 Å². The Kier molecular flexibility index (Phi) is 2.82. The van der Waals surface area contributed by atoms with Crippen molar-refractivity contribution in [3.8, 4) is 11.4 Å². The first-order valence-corrected chi connectivity index (χ1v) is 6.45. The molecule has 0 spiro atoms. The standard InChI is InChI=1S/C15H17N5/c1-9-8-10(4-5-11(9)16)14-17-12-6-7-13(20(2)3)18-15(12)19-14/h4-8H,16H2,1-3H3,(H,17,18,19). The van der Waals surface area contributed by atoms with Gasteiger partial charge in [-0.1, -0.05) is 0 Å². The number of nitrogen functional groups attached to an aromatic ring is 1. The van der Waals surface area contributed by atoms with Gasteiger partial charge in [0.2, 0.25) is 0 Å². The number of nitrogens with zero attached hydrogens (tertiary/aromatic N) is 3. The van der Waals surface area contributed by atoms with Crippen LogP contribution < -0.4 is 10.6 Å². The number of fused-ring (bicyclic) bond motifs is 1. The number of hydrogen-bond acceptors (Lipinski definition) is 4. The predicted molar refractivity (Wildman–Crippen MR) is 82.8 cm³/mol. The van der Waals surface area contributed by atoms with Gasteiger partial charge in [0.25, 0.3) is 0 Å². The van der Waals surface area contributed by atoms with Crippen molar-refractivity contribution in [2.75, 3.05) is 24.7 Å². The first-order chi connectivity index (χ1) is 9.54. The Labute approximate surface area is 117 Å². The van der Waals surface area contributed by atoms with E-state index in [4.69, 9.17) is 5.73 Å². The summed E-state index contributed by atoms with van der Waals surface area (Å²) in [6.07, 6.45) is 0. The van der Waals surface area contributed by atoms with E-state index in [-0.39, 0.29) is 0 Å². The van der Waals surface area contributed by atoms with Crippen LogP contribution in [0.15, 0.2) is 30.3 Å². The van der Waals surface area contributed by atoms with Crippen LogP contribution in [0.25, 0.3) is 22.6 Å². The average Bonchev–Trinajstić information content (AvgIpc) is 2.84. The van der Waals surface area contributed by atoms with Crippen molar-refractivity contribution in [2.24, 2.45) is 0 Å². The minimum atomic E-state index is 0.723. The third kappa shape index (κ3) is 2.07. The minimum Gasteiger partial charge on any atom is -0.399 e. The lowest BCUT2D eigenvalue weighted by Crippen LogP contribution is -2.10. The molecule has 3 aromatic rings. The van der Waals surface area contributed by atoms with Gasteiger partial charge in [0.15, 0.2) is 5.65 Å². The van der Waals surface area contributed by atoms with Crippen LogP contribution >= 0.6 is 0 Å². The van der Waals surface area contributed by atoms with Crippen LogP contribution in [0.2, 0.25) is 0 Å². The maximum atomic E-state index is 5.85. The Hall–Kier alpha value is -2.56. The molecule has 0 aliphatic carbocycles. The van der Waals surface area contributed by atoms with Crippen LogP contribution in [0, 0.1) is 6.92 Å². The van der Waals surface area contributed by atoms with E-state index < -0.39 is 0 Å². The molecule has 0 radical (unpaired) electrons. The third-order valence-corrected chi connectivity index (χ3v) is 3.33. The Morgan fingerprint density at radius 3 is 2.60 bits per heavy atom. The molecule has 0 bridgehead atoms. The minimum absolute atomic E-state index is 0.723. The number of aryl methyl sites for hydroxylation is 1. The van der Waals surface area contributed by atoms with Gasteiger partial charge in [0.05, 0.1) is 5.52 Å². The first-order valence-electron chi connectivity index (χ1n) is 6.45. The van der Waals surface area contributed by atoms with E-state index in [0.29, 0.717) is 0 Å². The van der Waals surface area contributed by atoms with Crippen molar-refractivity contribution in [1.29, 1.82) is 0 Å². The highest BCUT2D eigenvalue weighted by molar-refractivity contribution is 5.78. The number of nitrogens with one attached hydrogen (secondary N) is 1. The van der Waals surface area contributed by atoms with E-state index in [1.165, 1.54) is 0 Å². The zero-order chi connectivity index (χ0) is 14.3. The number of rotatable bonds is 2. The Morgan fingerprint density at radius 2 is 1.90 bits per heavy atom. The summed E-state index contributed by atoms with van der Waals surface area (Å²) in [6, 6.07) is 9.86. The molecule has 0 aliphatic heterocycles. The predicted octanol–water partition coefficient (Wildman–Crippen LogP) is 2.58. The van der Waals surface area contributed by atoms with Gasteiger partial charge < -0.3 is 15.6 Å². The van der Waals surface area contributed by atoms with Crippen molar-refractivity contribution < 1.29 is 0 Å². The van der Waals surface area contributed by atoms with E-state index in [0.717, 1.165) is 39.6 Å². The number of aromatic amines is 1. The van der Waals surface area contributed by atoms with Crippen molar-refractivity contribution in [3.05, 3.63) is 35.9 Å². The van der Waals surface area contributed by atoms with Crippen LogP contribution in [0.3, 0.4) is 0 Å². The highest BCUT2D eigenvalue weighted by Crippen LogP contribution is 2.24. The summed E-state index contributed by atoms with van der Waals surface area (Å²) < 4.78 is 0. The van der Waals surface area contributed by atoms with Gasteiger partial charge in [0.1, 0.15) is 11.6 Å². The second kappa shape index (κ2) is 4.52. The zero-order valence-electron chi connectivity index (χ0n) is 11.8. The summed E-state index contributed by atoms with van der Waals surface area (Å²) in [5, 5.41) is 0. The number of aromatic nitrogens is 3. The normalized spacial score (nSPS) is 10.9. The fraction of sp³-hybridized carbons (Fsp3) is 0.200. The highest BCUT2D eigenvalue weighted by atomic mass is 15.1. The van der Waals surface area contributed by atoms with E-state index in [9.17, 15) is 0 Å². The van der Waals surface area contributed by atoms with Crippen LogP contribution in [-0.4, -0.2) is 29.0 Å². The molecule has 0 unspecified atom stereocenters. The molecule has 0 atom stereocenters. The lowest BCUT2D eigenvalue weighted by molar-refractivity contribution is 1.08. The lowest BCUT2D eigenvalue weighted by Gasteiger charge is -2.09. The summed E-state index contributed by atoms with van der Waals surface area (Å²) in [7, 11) is 3.93. The van der Waals surface area contributed by atoms with Crippen LogP contribution in [-0.2, 0) is 0 Å². The molecule has 0 fully saturated rings. The van der Waals surface area contributed by atoms with Gasteiger partial charge in [-0.3, -0.25) is 0 Å². The van der Waals surface area contributed by atoms with Crippen molar-refractivity contribution in [3.63, 3.8) is 0 Å². The number of imidazole rings is 1. The third-order valence-electron chi connectivity index (χ3n) is 3.33. The number of pyridine rings is 1. The smallest absolute Gasteiger partial charge is 0.180 e. The maximum Gasteiger partial charge on any atom is 0.180 e. The maximum absolute atomic E-state index is 5.85. The largest absolute Gasteiger partial charge is 0.399 e. The lowest BCUT2D eigenvalue weighted by atomic mass is 10.1. The van der Waals surface area contributed by atoms with E-state index in [1.807, 2.05) is 56.3 Å². The second-order valence-corrected chi connectivity index (χ2v) is 5.09. The van der Waals surface area contributed by atoms with Gasteiger partial charge in [-0.15, -0.1) is 0 Å². The molecule has 0 aliphatic rings. The van der Waals surface area contributed by atoms with Gasteiger partial charge in [0, 0.05) is 25.3 Å². The molecule has 3 N–H and O–H groups in total. The Morgan fingerprint density at radius 1 is 1.10 bits per heavy atom. The molecule has 102 valence electrons. The molecule has 0 saturated carbocycles. The van der Waals surface area contributed by atoms with Crippen LogP contribution in [0.4, 0.5) is 11.5 Å². The molecule has 0 saturated heterocycles. The average molecular weight is 267 g/mol. The van der Waals surface area contributed by atoms with Gasteiger partial charge in [-0.25, -0.2) is 9.97 Å². The number of H-pyrrole nitrogens is 1. The molecular weight excluding hydrogens is 250 g/mol. The summed E-state index contributed by atoms with van der Waals surface area (Å²) in [4.78, 5) is 14.3. The fourth-order valence-electron chi connectivity index (χ4n) is 2.09. The Balaban J connectivity index is 2.10. The summed E-state index contributed by atoms with van der Waals surface area (Å²) in [5.74, 6) is 1.70. The molecule has 2 aromatic heterocycles. The summed E-state index contributed by atoms with van der Waals surface area (Å²) >= 11 is 0. The van der Waals surface area contributed by atoms with Crippen molar-refractivity contribution in [2.45, 2.75) is 6.92 Å². The van der Waals surface area contributed by atoms with Crippen LogP contribution in [0.5, 0.6) is 0 Å². The topological polar surface area (TPSA) is 70.8 Å². The molecular formula is C15H17N5. The quantitative estimate of drug-likeness (QED) is 0.700. The van der Waals surface area contributed by atoms with E-state index >= 15 is 0 Å². The van der Waals surface area contributed by atoms with E-state index in [1.54, 1.807) is 0 Å².